The van der Waals surface area contributed by atoms with Crippen LogP contribution in [-0.4, -0.2) is 33.6 Å². The Hall–Kier alpha value is -0.0225. The molecule has 6 heteroatoms. The Morgan fingerprint density at radius 2 is 1.12 bits per heavy atom. The van der Waals surface area contributed by atoms with Crippen LogP contribution in [0.25, 0.3) is 0 Å². The number of rotatable bonds is 6. The number of hydrogen-bond donors (Lipinski definition) is 0. The molecule has 0 unspecified atom stereocenters. The average molecular weight is 413 g/mol. The van der Waals surface area contributed by atoms with Crippen molar-refractivity contribution >= 4 is 40.2 Å². The van der Waals surface area contributed by atoms with Crippen molar-refractivity contribution in [3.63, 3.8) is 0 Å². The summed E-state index contributed by atoms with van der Waals surface area (Å²) in [5.41, 5.74) is 3.78. The highest BCUT2D eigenvalue weighted by Gasteiger charge is 2.59. The van der Waals surface area contributed by atoms with Gasteiger partial charge in [0.2, 0.25) is 0 Å². The molecule has 0 bridgehead atoms. The quantitative estimate of drug-likeness (QED) is 0.535. The molecule has 136 valence electrons. The zero-order valence-corrected chi connectivity index (χ0v) is 22.1. The Morgan fingerprint density at radius 3 is 1.46 bits per heavy atom. The molecule has 1 aromatic carbocycles. The van der Waals surface area contributed by atoms with Crippen molar-refractivity contribution in [3.05, 3.63) is 40.9 Å². The summed E-state index contributed by atoms with van der Waals surface area (Å²) in [6.07, 6.45) is 0. The van der Waals surface area contributed by atoms with E-state index in [4.69, 9.17) is 0 Å². The van der Waals surface area contributed by atoms with Crippen LogP contribution in [-0.2, 0) is 10.8 Å². The molecular formula is C18H36OSSi4. The van der Waals surface area contributed by atoms with E-state index < -0.39 is 40.2 Å². The fraction of sp³-hybridized carbons (Fsp3) is 0.556. The Kier molecular flexibility index (Phi) is 6.70. The van der Waals surface area contributed by atoms with Crippen LogP contribution < -0.4 is 0 Å². The van der Waals surface area contributed by atoms with Gasteiger partial charge in [0.1, 0.15) is 0 Å². The number of benzene rings is 1. The normalized spacial score (nSPS) is 15.8. The van der Waals surface area contributed by atoms with Gasteiger partial charge in [0.05, 0.1) is 17.4 Å². The van der Waals surface area contributed by atoms with Crippen molar-refractivity contribution < 1.29 is 4.21 Å². The van der Waals surface area contributed by atoms with Gasteiger partial charge in [-0.25, -0.2) is 4.21 Å². The molecule has 24 heavy (non-hydrogen) atoms. The van der Waals surface area contributed by atoms with Crippen LogP contribution in [0.1, 0.15) is 5.56 Å². The summed E-state index contributed by atoms with van der Waals surface area (Å²) in [4.78, 5) is 0.932. The van der Waals surface area contributed by atoms with Gasteiger partial charge in [-0.15, -0.1) is 0 Å². The first-order valence-electron chi connectivity index (χ1n) is 8.80. The summed E-state index contributed by atoms with van der Waals surface area (Å²) in [6, 6.07) is 8.13. The summed E-state index contributed by atoms with van der Waals surface area (Å²) in [7, 11) is -5.05. The van der Waals surface area contributed by atoms with E-state index in [-0.39, 0.29) is 0 Å². The SMILES string of the molecule is Cc1ccc([S@](=O)/C=C\[Si]([Si](C)(C)C)([Si](C)(C)C)[Si](C)(C)C)cc1. The third-order valence-corrected chi connectivity index (χ3v) is 77.7. The van der Waals surface area contributed by atoms with Gasteiger partial charge >= 0.3 is 0 Å². The molecule has 1 aromatic rings. The van der Waals surface area contributed by atoms with Crippen LogP contribution in [0, 0.1) is 6.92 Å². The summed E-state index contributed by atoms with van der Waals surface area (Å²) in [5.74, 6) is 0. The molecule has 0 saturated carbocycles. The first kappa shape index (κ1) is 22.0. The summed E-state index contributed by atoms with van der Waals surface area (Å²) < 4.78 is 12.9. The third-order valence-electron chi connectivity index (χ3n) is 5.24. The van der Waals surface area contributed by atoms with E-state index in [0.29, 0.717) is 0 Å². The molecule has 0 radical (unpaired) electrons. The predicted octanol–water partition coefficient (Wildman–Crippen LogP) is 5.85. The van der Waals surface area contributed by atoms with Crippen molar-refractivity contribution in [2.24, 2.45) is 0 Å². The van der Waals surface area contributed by atoms with Crippen LogP contribution in [0.15, 0.2) is 40.3 Å². The van der Waals surface area contributed by atoms with Crippen LogP contribution >= 0.6 is 0 Å². The van der Waals surface area contributed by atoms with Crippen LogP contribution in [0.2, 0.25) is 58.9 Å². The summed E-state index contributed by atoms with van der Waals surface area (Å²) in [6.45, 7) is 23.6. The van der Waals surface area contributed by atoms with Gasteiger partial charge in [0.25, 0.3) is 0 Å². The standard InChI is InChI=1S/C18H36OSSi4/c1-17-11-13-18(14-12-17)20(19)15-16-24(21(2,3)4,22(5,6)7)23(8,9)10/h11-16H,1-10H3/b16-15-/t20-/m1/s1. The van der Waals surface area contributed by atoms with Gasteiger partial charge in [0, 0.05) is 27.7 Å². The van der Waals surface area contributed by atoms with E-state index >= 15 is 0 Å². The number of aryl methyl sites for hydroxylation is 1. The van der Waals surface area contributed by atoms with Gasteiger partial charge in [-0.1, -0.05) is 82.3 Å². The van der Waals surface area contributed by atoms with E-state index in [0.717, 1.165) is 4.90 Å². The van der Waals surface area contributed by atoms with Crippen molar-refractivity contribution in [2.45, 2.75) is 70.7 Å². The third kappa shape index (κ3) is 4.38. The Labute approximate surface area is 155 Å². The highest BCUT2D eigenvalue weighted by molar-refractivity contribution is 7.92. The van der Waals surface area contributed by atoms with Gasteiger partial charge in [-0.3, -0.25) is 0 Å². The average Bonchev–Trinajstić information content (AvgIpc) is 2.34. The summed E-state index contributed by atoms with van der Waals surface area (Å²) >= 11 is 0. The second-order valence-electron chi connectivity index (χ2n) is 9.97. The maximum atomic E-state index is 12.9. The molecule has 0 N–H and O–H groups in total. The molecule has 1 rings (SSSR count). The largest absolute Gasteiger partial charge is 0.250 e. The zero-order chi connectivity index (χ0) is 19.0. The highest BCUT2D eigenvalue weighted by atomic mass is 32.2. The molecule has 0 spiro atoms. The molecule has 0 aliphatic carbocycles. The van der Waals surface area contributed by atoms with Gasteiger partial charge in [-0.2, -0.15) is 0 Å². The molecule has 0 heterocycles. The van der Waals surface area contributed by atoms with Crippen LogP contribution in [0.5, 0.6) is 0 Å². The van der Waals surface area contributed by atoms with E-state index in [1.165, 1.54) is 5.56 Å². The summed E-state index contributed by atoms with van der Waals surface area (Å²) in [5, 5.41) is 2.08. The smallest absolute Gasteiger partial charge is 0.0768 e. The molecule has 0 aliphatic heterocycles. The minimum absolute atomic E-state index is 0.932. The highest BCUT2D eigenvalue weighted by Crippen LogP contribution is 2.38. The minimum Gasteiger partial charge on any atom is -0.250 e. The van der Waals surface area contributed by atoms with E-state index in [1.54, 1.807) is 0 Å². The van der Waals surface area contributed by atoms with Crippen LogP contribution in [0.3, 0.4) is 0 Å². The lowest BCUT2D eigenvalue weighted by molar-refractivity contribution is 0.688. The van der Waals surface area contributed by atoms with Crippen molar-refractivity contribution in [3.8, 4) is 0 Å². The molecule has 0 aromatic heterocycles. The molecule has 0 fully saturated rings. The second-order valence-corrected chi connectivity index (χ2v) is 51.9. The topological polar surface area (TPSA) is 17.1 Å². The van der Waals surface area contributed by atoms with Gasteiger partial charge in [0.15, 0.2) is 0 Å². The van der Waals surface area contributed by atoms with E-state index in [9.17, 15) is 4.21 Å². The Bertz CT molecular complexity index is 580. The van der Waals surface area contributed by atoms with Gasteiger partial charge in [-0.05, 0) is 24.5 Å². The van der Waals surface area contributed by atoms with Crippen molar-refractivity contribution in [1.82, 2.24) is 0 Å². The zero-order valence-electron chi connectivity index (χ0n) is 17.3. The maximum absolute atomic E-state index is 12.9. The molecule has 0 saturated heterocycles. The maximum Gasteiger partial charge on any atom is 0.0768 e. The van der Waals surface area contributed by atoms with E-state index in [1.807, 2.05) is 12.1 Å². The van der Waals surface area contributed by atoms with Crippen molar-refractivity contribution in [2.75, 3.05) is 0 Å². The first-order valence-corrected chi connectivity index (χ1v) is 25.6. The minimum atomic E-state index is -1.56. The fourth-order valence-corrected chi connectivity index (χ4v) is 102. The molecule has 1 nitrogen and oxygen atoms in total. The Balaban J connectivity index is 3.42. The lowest BCUT2D eigenvalue weighted by Gasteiger charge is -2.55. The molecule has 0 aliphatic rings. The monoisotopic (exact) mass is 412 g/mol. The molecule has 0 amide bonds. The molecular weight excluding hydrogens is 377 g/mol. The first-order chi connectivity index (χ1) is 10.6. The lowest BCUT2D eigenvalue weighted by atomic mass is 10.2. The fourth-order valence-electron chi connectivity index (χ4n) is 5.04. The lowest BCUT2D eigenvalue weighted by Crippen LogP contribution is -2.81. The predicted molar refractivity (Wildman–Crippen MR) is 123 cm³/mol. The second kappa shape index (κ2) is 7.31. The Morgan fingerprint density at radius 1 is 0.750 bits per heavy atom. The number of hydrogen-bond acceptors (Lipinski definition) is 1. The van der Waals surface area contributed by atoms with Crippen molar-refractivity contribution in [1.29, 1.82) is 0 Å². The van der Waals surface area contributed by atoms with E-state index in [2.05, 4.69) is 89.1 Å². The van der Waals surface area contributed by atoms with Gasteiger partial charge < -0.3 is 0 Å². The molecule has 1 atom stereocenters. The van der Waals surface area contributed by atoms with Crippen LogP contribution in [0.4, 0.5) is 0 Å².